The summed E-state index contributed by atoms with van der Waals surface area (Å²) in [5.74, 6) is -0.0629. The van der Waals surface area contributed by atoms with Gasteiger partial charge in [0.05, 0.1) is 25.4 Å². The standard InChI is InChI=1S/C33H47NO5S.Li.H/c1-5-24(3)38-22-27(19-25-12-7-6-8-13-25)39-21-26-15-16-29(30(20-26)28-14-10-9-11-23(28)2)32(35)34-31(33(36)37)17-18-40-4;;/h9-11,14-16,20,24-25,27,31H,5-8,12-13,17-19,21-22H2,1-4H3,(H,34,35)(H,36,37);;/q;+1;-1. The van der Waals surface area contributed by atoms with Crippen LogP contribution in [0.5, 0.6) is 0 Å². The normalized spacial score (nSPS) is 15.9. The number of carboxylic acids is 1. The van der Waals surface area contributed by atoms with Gasteiger partial charge in [-0.1, -0.05) is 69.4 Å². The molecule has 0 radical (unpaired) electrons. The summed E-state index contributed by atoms with van der Waals surface area (Å²) in [6.07, 6.45) is 11.0. The van der Waals surface area contributed by atoms with Crippen molar-refractivity contribution < 1.29 is 44.5 Å². The Kier molecular flexibility index (Phi) is 16.2. The maximum Gasteiger partial charge on any atom is 1.00 e. The van der Waals surface area contributed by atoms with E-state index >= 15 is 0 Å². The van der Waals surface area contributed by atoms with Gasteiger partial charge in [0.15, 0.2) is 0 Å². The van der Waals surface area contributed by atoms with Crippen LogP contribution >= 0.6 is 11.8 Å². The number of ether oxygens (including phenoxy) is 2. The van der Waals surface area contributed by atoms with Gasteiger partial charge in [-0.3, -0.25) is 4.79 Å². The van der Waals surface area contributed by atoms with Crippen LogP contribution in [-0.2, 0) is 20.9 Å². The Hall–Kier alpha value is -1.75. The maximum atomic E-state index is 13.4. The topological polar surface area (TPSA) is 84.9 Å². The number of carbonyl (C=O) groups is 2. The van der Waals surface area contributed by atoms with Crippen LogP contribution in [0.15, 0.2) is 42.5 Å². The van der Waals surface area contributed by atoms with Gasteiger partial charge in [0.2, 0.25) is 0 Å². The van der Waals surface area contributed by atoms with Gasteiger partial charge >= 0.3 is 24.8 Å². The van der Waals surface area contributed by atoms with Gasteiger partial charge in [-0.2, -0.15) is 11.8 Å². The third-order valence-corrected chi connectivity index (χ3v) is 8.57. The molecule has 3 rings (SSSR count). The Morgan fingerprint density at radius 2 is 1.83 bits per heavy atom. The van der Waals surface area contributed by atoms with Crippen LogP contribution in [-0.4, -0.2) is 53.8 Å². The number of hydrogen-bond donors (Lipinski definition) is 2. The van der Waals surface area contributed by atoms with E-state index in [2.05, 4.69) is 19.2 Å². The number of carboxylic acid groups (broad SMARTS) is 1. The number of thioether (sulfide) groups is 1. The smallest absolute Gasteiger partial charge is 1.00 e. The van der Waals surface area contributed by atoms with E-state index in [-0.39, 0.29) is 38.4 Å². The molecule has 0 saturated heterocycles. The molecule has 6 nitrogen and oxygen atoms in total. The molecule has 222 valence electrons. The van der Waals surface area contributed by atoms with E-state index in [1.54, 1.807) is 17.8 Å². The second kappa shape index (κ2) is 18.7. The van der Waals surface area contributed by atoms with E-state index in [1.165, 1.54) is 32.1 Å². The number of rotatable bonds is 16. The Balaban J connectivity index is 0.00000441. The molecular weight excluding hydrogens is 529 g/mol. The van der Waals surface area contributed by atoms with E-state index in [1.807, 2.05) is 49.6 Å². The molecule has 0 aromatic heterocycles. The SMILES string of the molecule is CCC(C)OCC(CC1CCCCC1)OCc1ccc(C(=O)NC(CCSC)C(=O)O)c(-c2ccccc2C)c1.[H-].[Li+]. The number of hydrogen-bond acceptors (Lipinski definition) is 5. The average Bonchev–Trinajstić information content (AvgIpc) is 2.96. The molecule has 2 N–H and O–H groups in total. The minimum absolute atomic E-state index is 0. The molecule has 3 unspecified atom stereocenters. The second-order valence-electron chi connectivity index (χ2n) is 11.1. The molecule has 0 heterocycles. The van der Waals surface area contributed by atoms with Crippen LogP contribution in [0.2, 0.25) is 0 Å². The minimum atomic E-state index is -1.02. The number of nitrogens with one attached hydrogen (secondary N) is 1. The molecule has 1 aliphatic rings. The molecule has 1 amide bonds. The molecular formula is C33H48LiNO5S. The van der Waals surface area contributed by atoms with E-state index in [0.717, 1.165) is 35.1 Å². The van der Waals surface area contributed by atoms with Gasteiger partial charge in [0, 0.05) is 5.56 Å². The van der Waals surface area contributed by atoms with Crippen molar-refractivity contribution in [2.24, 2.45) is 5.92 Å². The van der Waals surface area contributed by atoms with Gasteiger partial charge < -0.3 is 21.3 Å². The van der Waals surface area contributed by atoms with Crippen LogP contribution in [0.25, 0.3) is 11.1 Å². The van der Waals surface area contributed by atoms with Crippen molar-refractivity contribution in [2.45, 2.75) is 97.0 Å². The Morgan fingerprint density at radius 3 is 2.49 bits per heavy atom. The average molecular weight is 578 g/mol. The van der Waals surface area contributed by atoms with Gasteiger partial charge in [-0.25, -0.2) is 4.79 Å². The van der Waals surface area contributed by atoms with Crippen LogP contribution in [0.1, 0.15) is 88.1 Å². The summed E-state index contributed by atoms with van der Waals surface area (Å²) < 4.78 is 12.6. The molecule has 0 bridgehead atoms. The van der Waals surface area contributed by atoms with Crippen molar-refractivity contribution >= 4 is 23.6 Å². The quantitative estimate of drug-likeness (QED) is 0.288. The molecule has 1 saturated carbocycles. The monoisotopic (exact) mass is 577 g/mol. The number of amides is 1. The molecule has 0 aliphatic heterocycles. The van der Waals surface area contributed by atoms with Crippen LogP contribution < -0.4 is 24.2 Å². The third-order valence-electron chi connectivity index (χ3n) is 7.93. The first-order valence-corrected chi connectivity index (χ1v) is 16.2. The first-order chi connectivity index (χ1) is 19.3. The third kappa shape index (κ3) is 11.5. The van der Waals surface area contributed by atoms with E-state index in [9.17, 15) is 14.7 Å². The number of carbonyl (C=O) groups excluding carboxylic acids is 1. The Morgan fingerprint density at radius 1 is 1.10 bits per heavy atom. The molecule has 2 aromatic carbocycles. The molecule has 1 fully saturated rings. The predicted molar refractivity (Wildman–Crippen MR) is 165 cm³/mol. The van der Waals surface area contributed by atoms with E-state index in [4.69, 9.17) is 9.47 Å². The minimum Gasteiger partial charge on any atom is -1.00 e. The number of aryl methyl sites for hydroxylation is 1. The van der Waals surface area contributed by atoms with E-state index in [0.29, 0.717) is 36.9 Å². The van der Waals surface area contributed by atoms with Crippen molar-refractivity contribution in [1.29, 1.82) is 0 Å². The van der Waals surface area contributed by atoms with E-state index < -0.39 is 12.0 Å². The Bertz CT molecular complexity index is 1100. The zero-order valence-electron chi connectivity index (χ0n) is 26.6. The molecule has 41 heavy (non-hydrogen) atoms. The number of benzene rings is 2. The first kappa shape index (κ1) is 35.4. The van der Waals surface area contributed by atoms with Gasteiger partial charge in [-0.05, 0) is 85.4 Å². The molecule has 1 aliphatic carbocycles. The van der Waals surface area contributed by atoms with Gasteiger partial charge in [-0.15, -0.1) is 0 Å². The maximum absolute atomic E-state index is 13.4. The van der Waals surface area contributed by atoms with Gasteiger partial charge in [0.1, 0.15) is 6.04 Å². The van der Waals surface area contributed by atoms with Crippen molar-refractivity contribution in [3.63, 3.8) is 0 Å². The summed E-state index contributed by atoms with van der Waals surface area (Å²) in [6, 6.07) is 12.8. The summed E-state index contributed by atoms with van der Waals surface area (Å²) in [5.41, 5.74) is 4.22. The Labute approximate surface area is 264 Å². The summed E-state index contributed by atoms with van der Waals surface area (Å²) in [4.78, 5) is 25.2. The zero-order valence-corrected chi connectivity index (χ0v) is 26.4. The van der Waals surface area contributed by atoms with Crippen molar-refractivity contribution in [3.8, 4) is 11.1 Å². The fourth-order valence-electron chi connectivity index (χ4n) is 5.29. The second-order valence-corrected chi connectivity index (χ2v) is 12.1. The van der Waals surface area contributed by atoms with Crippen molar-refractivity contribution in [1.82, 2.24) is 5.32 Å². The largest absolute Gasteiger partial charge is 1.00 e. The summed E-state index contributed by atoms with van der Waals surface area (Å²) in [6.45, 7) is 7.27. The summed E-state index contributed by atoms with van der Waals surface area (Å²) in [7, 11) is 0. The predicted octanol–water partition coefficient (Wildman–Crippen LogP) is 4.39. The molecule has 2 aromatic rings. The summed E-state index contributed by atoms with van der Waals surface area (Å²) >= 11 is 1.56. The number of aliphatic carboxylic acids is 1. The fraction of sp³-hybridized carbons (Fsp3) is 0.576. The van der Waals surface area contributed by atoms with Gasteiger partial charge in [0.25, 0.3) is 5.91 Å². The zero-order chi connectivity index (χ0) is 28.9. The molecule has 0 spiro atoms. The van der Waals surface area contributed by atoms with Crippen LogP contribution in [0.4, 0.5) is 0 Å². The fourth-order valence-corrected chi connectivity index (χ4v) is 5.76. The molecule has 3 atom stereocenters. The summed E-state index contributed by atoms with van der Waals surface area (Å²) in [5, 5.41) is 12.4. The first-order valence-electron chi connectivity index (χ1n) is 14.8. The van der Waals surface area contributed by atoms with Crippen LogP contribution in [0.3, 0.4) is 0 Å². The van der Waals surface area contributed by atoms with Crippen LogP contribution in [0, 0.1) is 12.8 Å². The van der Waals surface area contributed by atoms with Crippen molar-refractivity contribution in [2.75, 3.05) is 18.6 Å². The van der Waals surface area contributed by atoms with Crippen molar-refractivity contribution in [3.05, 3.63) is 59.2 Å². The molecule has 8 heteroatoms.